The lowest BCUT2D eigenvalue weighted by molar-refractivity contribution is -0.161. The molecule has 0 aliphatic heterocycles. The molecule has 0 spiro atoms. The summed E-state index contributed by atoms with van der Waals surface area (Å²) in [4.78, 5) is 73.2. The molecule has 0 saturated heterocycles. The minimum atomic E-state index is -5.00. The molecule has 0 radical (unpaired) electrons. The summed E-state index contributed by atoms with van der Waals surface area (Å²) in [6.07, 6.45) is 92.3. The molecule has 0 rings (SSSR count). The van der Waals surface area contributed by atoms with Gasteiger partial charge < -0.3 is 33.8 Å². The molecular weight excluding hydrogens is 1400 g/mol. The number of carbonyl (C=O) groups is 4. The van der Waals surface area contributed by atoms with Crippen LogP contribution in [0, 0.1) is 0 Å². The maximum atomic E-state index is 13.1. The van der Waals surface area contributed by atoms with Gasteiger partial charge in [0.15, 0.2) is 12.2 Å². The zero-order valence-electron chi connectivity index (χ0n) is 67.7. The molecule has 0 aliphatic carbocycles. The highest BCUT2D eigenvalue weighted by Crippen LogP contribution is 2.45. The Morgan fingerprint density at radius 3 is 0.741 bits per heavy atom. The van der Waals surface area contributed by atoms with Crippen LogP contribution < -0.4 is 0 Å². The number of allylic oxidation sites excluding steroid dienone is 24. The van der Waals surface area contributed by atoms with Gasteiger partial charge in [0.1, 0.15) is 19.3 Å². The van der Waals surface area contributed by atoms with Crippen molar-refractivity contribution in [1.82, 2.24) is 0 Å². The van der Waals surface area contributed by atoms with Crippen molar-refractivity contribution in [2.24, 2.45) is 0 Å². The van der Waals surface area contributed by atoms with Crippen molar-refractivity contribution in [3.8, 4) is 0 Å². The predicted molar refractivity (Wildman–Crippen MR) is 445 cm³/mol. The van der Waals surface area contributed by atoms with Gasteiger partial charge in [-0.15, -0.1) is 0 Å². The van der Waals surface area contributed by atoms with Gasteiger partial charge in [0.2, 0.25) is 0 Å². The molecule has 0 aromatic rings. The zero-order valence-corrected chi connectivity index (χ0v) is 69.5. The van der Waals surface area contributed by atoms with E-state index in [1.54, 1.807) is 0 Å². The second-order valence-corrected chi connectivity index (χ2v) is 30.5. The molecule has 618 valence electrons. The molecule has 0 amide bonds. The molecule has 0 aliphatic rings. The first-order valence-electron chi connectivity index (χ1n) is 42.1. The summed E-state index contributed by atoms with van der Waals surface area (Å²) in [5.74, 6) is -2.24. The summed E-state index contributed by atoms with van der Waals surface area (Å²) in [5, 5.41) is 10.7. The van der Waals surface area contributed by atoms with Crippen molar-refractivity contribution in [3.05, 3.63) is 146 Å². The number of carbonyl (C=O) groups excluding carboxylic acids is 4. The van der Waals surface area contributed by atoms with E-state index in [-0.39, 0.29) is 25.7 Å². The normalized spacial score (nSPS) is 14.5. The molecule has 108 heavy (non-hydrogen) atoms. The quantitative estimate of drug-likeness (QED) is 0.0169. The van der Waals surface area contributed by atoms with Gasteiger partial charge in [0.25, 0.3) is 0 Å². The minimum absolute atomic E-state index is 0.0575. The van der Waals surface area contributed by atoms with Gasteiger partial charge in [-0.1, -0.05) is 315 Å². The van der Waals surface area contributed by atoms with Crippen LogP contribution >= 0.6 is 15.6 Å². The second kappa shape index (κ2) is 80.0. The van der Waals surface area contributed by atoms with Crippen molar-refractivity contribution >= 4 is 39.5 Å². The number of ether oxygens (including phenoxy) is 4. The molecule has 3 N–H and O–H groups in total. The van der Waals surface area contributed by atoms with Gasteiger partial charge in [-0.3, -0.25) is 37.3 Å². The number of hydrogen-bond acceptors (Lipinski definition) is 15. The number of phosphoric ester groups is 2. The lowest BCUT2D eigenvalue weighted by Crippen LogP contribution is -2.30. The Morgan fingerprint density at radius 1 is 0.269 bits per heavy atom. The van der Waals surface area contributed by atoms with E-state index in [9.17, 15) is 43.2 Å². The number of hydrogen-bond donors (Lipinski definition) is 3. The third-order valence-corrected chi connectivity index (χ3v) is 19.2. The van der Waals surface area contributed by atoms with Crippen LogP contribution in [0.25, 0.3) is 0 Å². The Hall–Kier alpha value is -5.06. The highest BCUT2D eigenvalue weighted by Gasteiger charge is 2.30. The van der Waals surface area contributed by atoms with Crippen LogP contribution in [-0.4, -0.2) is 96.7 Å². The van der Waals surface area contributed by atoms with Crippen molar-refractivity contribution < 1.29 is 80.2 Å². The molecular formula is C89H150O17P2. The van der Waals surface area contributed by atoms with Gasteiger partial charge in [0.05, 0.1) is 26.4 Å². The Bertz CT molecular complexity index is 2610. The summed E-state index contributed by atoms with van der Waals surface area (Å²) in [7, 11) is -9.99. The number of unbranched alkanes of at least 4 members (excludes halogenated alkanes) is 28. The smallest absolute Gasteiger partial charge is 0.462 e. The number of rotatable bonds is 78. The highest BCUT2D eigenvalue weighted by atomic mass is 31.2. The maximum absolute atomic E-state index is 13.1. The first kappa shape index (κ1) is 103. The maximum Gasteiger partial charge on any atom is 0.472 e. The third-order valence-electron chi connectivity index (χ3n) is 17.3. The predicted octanol–water partition coefficient (Wildman–Crippen LogP) is 25.0. The Kier molecular flexibility index (Phi) is 76.3. The standard InChI is InChI=1S/C89H150O17P2/c1-5-9-13-17-21-25-29-33-37-40-41-44-47-50-54-58-62-66-70-74-87(92)100-79-84(105-88(93)75-71-67-63-59-55-51-45-36-32-28-24-20-16-12-8-4)81-103-107(95,96)101-77-83(90)78-102-108(97,98)104-82-85(106-89(94)76-72-68-64-60-56-52-48-43-39-35-31-27-23-19-15-11-7-3)80-99-86(91)73-69-65-61-57-53-49-46-42-38-34-30-26-22-18-14-10-6-2/h9-11,13-15,21-23,25-27,33-35,37-39,41,44,46,48-49,52,83-85,90H,5-8,12,16-20,24,28-32,36,40,42-43,45,47,50-51,53-82H2,1-4H3,(H,95,96)(H,97,98)/b13-9-,14-10-,15-11-,25-21-,26-22-,27-23-,37-33-,38-34-,39-35-,44-41-,49-46-,52-48-. The van der Waals surface area contributed by atoms with E-state index in [1.807, 2.05) is 0 Å². The molecule has 5 atom stereocenters. The van der Waals surface area contributed by atoms with Crippen LogP contribution in [0.4, 0.5) is 0 Å². The summed E-state index contributed by atoms with van der Waals surface area (Å²) < 4.78 is 68.8. The van der Waals surface area contributed by atoms with Crippen molar-refractivity contribution in [3.63, 3.8) is 0 Å². The fraction of sp³-hybridized carbons (Fsp3) is 0.685. The van der Waals surface area contributed by atoms with E-state index in [0.717, 1.165) is 193 Å². The van der Waals surface area contributed by atoms with Crippen LogP contribution in [0.1, 0.15) is 336 Å². The summed E-state index contributed by atoms with van der Waals surface area (Å²) in [5.41, 5.74) is 0. The number of phosphoric acid groups is 2. The second-order valence-electron chi connectivity index (χ2n) is 27.6. The molecule has 19 heteroatoms. The van der Waals surface area contributed by atoms with Crippen LogP contribution in [0.15, 0.2) is 146 Å². The number of aliphatic hydroxyl groups is 1. The first-order valence-corrected chi connectivity index (χ1v) is 45.1. The van der Waals surface area contributed by atoms with Crippen LogP contribution in [0.3, 0.4) is 0 Å². The largest absolute Gasteiger partial charge is 0.472 e. The van der Waals surface area contributed by atoms with E-state index in [1.165, 1.54) is 64.2 Å². The third kappa shape index (κ3) is 79.0. The average Bonchev–Trinajstić information content (AvgIpc) is 0.901. The summed E-state index contributed by atoms with van der Waals surface area (Å²) in [6.45, 7) is 4.50. The number of aliphatic hydroxyl groups excluding tert-OH is 1. The lowest BCUT2D eigenvalue weighted by Gasteiger charge is -2.21. The zero-order chi connectivity index (χ0) is 78.9. The molecule has 0 fully saturated rings. The topological polar surface area (TPSA) is 237 Å². The monoisotopic (exact) mass is 1550 g/mol. The average molecular weight is 1550 g/mol. The summed E-state index contributed by atoms with van der Waals surface area (Å²) >= 11 is 0. The molecule has 0 bridgehead atoms. The molecule has 5 unspecified atom stereocenters. The van der Waals surface area contributed by atoms with Gasteiger partial charge in [-0.25, -0.2) is 9.13 Å². The fourth-order valence-electron chi connectivity index (χ4n) is 11.0. The Labute approximate surface area is 656 Å². The van der Waals surface area contributed by atoms with Crippen molar-refractivity contribution in [2.75, 3.05) is 39.6 Å². The fourth-order valence-corrected chi connectivity index (χ4v) is 12.6. The van der Waals surface area contributed by atoms with E-state index in [4.69, 9.17) is 37.0 Å². The first-order chi connectivity index (χ1) is 52.7. The van der Waals surface area contributed by atoms with E-state index >= 15 is 0 Å². The van der Waals surface area contributed by atoms with Gasteiger partial charge in [-0.2, -0.15) is 0 Å². The van der Waals surface area contributed by atoms with E-state index < -0.39 is 97.5 Å². The van der Waals surface area contributed by atoms with Crippen molar-refractivity contribution in [1.29, 1.82) is 0 Å². The van der Waals surface area contributed by atoms with Crippen molar-refractivity contribution in [2.45, 2.75) is 354 Å². The lowest BCUT2D eigenvalue weighted by atomic mass is 10.0. The Balaban J connectivity index is 5.42. The van der Waals surface area contributed by atoms with E-state index in [0.29, 0.717) is 25.7 Å². The highest BCUT2D eigenvalue weighted by molar-refractivity contribution is 7.47. The summed E-state index contributed by atoms with van der Waals surface area (Å²) in [6, 6.07) is 0. The van der Waals surface area contributed by atoms with Crippen LogP contribution in [0.5, 0.6) is 0 Å². The molecule has 0 aromatic carbocycles. The molecule has 0 heterocycles. The minimum Gasteiger partial charge on any atom is -0.462 e. The molecule has 0 saturated carbocycles. The molecule has 17 nitrogen and oxygen atoms in total. The van der Waals surface area contributed by atoms with Crippen LogP contribution in [0.2, 0.25) is 0 Å². The number of esters is 4. The van der Waals surface area contributed by atoms with Gasteiger partial charge >= 0.3 is 39.5 Å². The van der Waals surface area contributed by atoms with E-state index in [2.05, 4.69) is 174 Å². The van der Waals surface area contributed by atoms with Gasteiger partial charge in [0, 0.05) is 25.7 Å². The Morgan fingerprint density at radius 2 is 0.481 bits per heavy atom. The SMILES string of the molecule is CC/C=C\C/C=C\C/C=C\C/C=C\CCCCCCCCC(=O)OCC(COP(=O)(O)OCC(O)COP(=O)(O)OCC(COC(=O)CCCCCC/C=C\C/C=C\C/C=C\C/C=C\CC)OC(=O)CCCCCC/C=C\C/C=C\C/C=C\C/C=C\CC)OC(=O)CCCCCCCCCCCCCCCCC. The van der Waals surface area contributed by atoms with Gasteiger partial charge in [-0.05, 0) is 141 Å². The van der Waals surface area contributed by atoms with Crippen LogP contribution in [-0.2, 0) is 65.4 Å². The molecule has 0 aromatic heterocycles.